The highest BCUT2D eigenvalue weighted by Crippen LogP contribution is 2.15. The van der Waals surface area contributed by atoms with E-state index in [1.165, 1.54) is 70.6 Å². The lowest BCUT2D eigenvalue weighted by molar-refractivity contribution is -0.147. The van der Waals surface area contributed by atoms with Gasteiger partial charge in [-0.05, 0) is 83.1 Å². The van der Waals surface area contributed by atoms with E-state index in [2.05, 4.69) is 67.0 Å². The van der Waals surface area contributed by atoms with Crippen molar-refractivity contribution in [3.8, 4) is 0 Å². The summed E-state index contributed by atoms with van der Waals surface area (Å²) in [5, 5.41) is 22.5. The van der Waals surface area contributed by atoms with Gasteiger partial charge in [-0.2, -0.15) is 0 Å². The van der Waals surface area contributed by atoms with Crippen molar-refractivity contribution in [2.45, 2.75) is 193 Å². The van der Waals surface area contributed by atoms with E-state index >= 15 is 0 Å². The first-order valence-corrected chi connectivity index (χ1v) is 21.0. The molecule has 0 rings (SSSR count). The number of hydrogen-bond acceptors (Lipinski definition) is 6. The summed E-state index contributed by atoms with van der Waals surface area (Å²) < 4.78 is 5.85. The summed E-state index contributed by atoms with van der Waals surface area (Å²) in [5.74, 6) is -2.42. The van der Waals surface area contributed by atoms with Gasteiger partial charge in [-0.15, -0.1) is 0 Å². The smallest absolute Gasteiger partial charge is 0.328 e. The lowest BCUT2D eigenvalue weighted by atomic mass is 10.1. The van der Waals surface area contributed by atoms with Crippen LogP contribution in [-0.2, 0) is 23.9 Å². The van der Waals surface area contributed by atoms with Gasteiger partial charge in [-0.1, -0.05) is 133 Å². The summed E-state index contributed by atoms with van der Waals surface area (Å²) in [6.45, 7) is 3.38. The average Bonchev–Trinajstić information content (AvgIpc) is 3.14. The molecule has 0 radical (unpaired) electrons. The van der Waals surface area contributed by atoms with Crippen LogP contribution < -0.4 is 10.6 Å². The van der Waals surface area contributed by atoms with Gasteiger partial charge in [0, 0.05) is 12.8 Å². The number of carbonyl (C=O) groups excluding carboxylic acids is 3. The summed E-state index contributed by atoms with van der Waals surface area (Å²) >= 11 is 0. The normalized spacial score (nSPS) is 13.0. The van der Waals surface area contributed by atoms with Gasteiger partial charge >= 0.3 is 11.9 Å². The molecule has 53 heavy (non-hydrogen) atoms. The second kappa shape index (κ2) is 38.5. The Bertz CT molecular complexity index is 1040. The first-order valence-electron chi connectivity index (χ1n) is 21.0. The third kappa shape index (κ3) is 35.6. The van der Waals surface area contributed by atoms with Gasteiger partial charge in [0.15, 0.2) is 0 Å². The molecule has 0 aromatic carbocycles. The molecule has 0 aliphatic carbocycles. The number of carbonyl (C=O) groups is 4. The standard InChI is InChI=1S/C44H76N2O7/c1-3-5-7-9-10-11-12-13-14-15-16-17-18-19-20-21-22-23-24-26-32-36-43(50)53-39(33-29-25-8-6-4-2)34-30-27-28-31-35-41(48)45-37-42(49)46-40(38-47)44(51)52/h12-13,15-16,18-19,29,33,39-40,47H,3-11,14,17,20-28,30-32,34-38H2,1-2H3,(H,45,48)(H,46,49)(H,51,52)/b13-12-,16-15-,19-18-,33-29-. The van der Waals surface area contributed by atoms with E-state index in [0.717, 1.165) is 77.0 Å². The maximum absolute atomic E-state index is 12.6. The molecule has 0 spiro atoms. The largest absolute Gasteiger partial charge is 0.480 e. The molecule has 0 aliphatic rings. The third-order valence-electron chi connectivity index (χ3n) is 9.03. The number of carboxylic acid groups (broad SMARTS) is 1. The number of amides is 2. The maximum Gasteiger partial charge on any atom is 0.328 e. The molecule has 0 saturated carbocycles. The van der Waals surface area contributed by atoms with Crippen LogP contribution in [0.4, 0.5) is 0 Å². The third-order valence-corrected chi connectivity index (χ3v) is 9.03. The predicted octanol–water partition coefficient (Wildman–Crippen LogP) is 9.98. The molecule has 0 saturated heterocycles. The first-order chi connectivity index (χ1) is 25.8. The Morgan fingerprint density at radius 1 is 0.585 bits per heavy atom. The minimum atomic E-state index is -1.39. The molecule has 0 aromatic rings. The Morgan fingerprint density at radius 3 is 1.68 bits per heavy atom. The number of esters is 1. The van der Waals surface area contributed by atoms with Crippen LogP contribution in [-0.4, -0.2) is 59.3 Å². The monoisotopic (exact) mass is 745 g/mol. The van der Waals surface area contributed by atoms with E-state index in [0.29, 0.717) is 12.8 Å². The van der Waals surface area contributed by atoms with Gasteiger partial charge in [-0.25, -0.2) is 4.79 Å². The molecule has 2 atom stereocenters. The van der Waals surface area contributed by atoms with E-state index in [1.54, 1.807) is 0 Å². The average molecular weight is 745 g/mol. The van der Waals surface area contributed by atoms with E-state index in [1.807, 2.05) is 6.08 Å². The molecule has 0 bridgehead atoms. The Kier molecular flexibility index (Phi) is 36.2. The number of carboxylic acids is 1. The zero-order valence-corrected chi connectivity index (χ0v) is 33.5. The van der Waals surface area contributed by atoms with Crippen LogP contribution in [0.15, 0.2) is 48.6 Å². The van der Waals surface area contributed by atoms with E-state index in [9.17, 15) is 19.2 Å². The molecule has 4 N–H and O–H groups in total. The van der Waals surface area contributed by atoms with Crippen molar-refractivity contribution in [1.82, 2.24) is 10.6 Å². The lowest BCUT2D eigenvalue weighted by Gasteiger charge is -2.15. The van der Waals surface area contributed by atoms with E-state index in [-0.39, 0.29) is 30.9 Å². The number of aliphatic hydroxyl groups is 1. The van der Waals surface area contributed by atoms with Gasteiger partial charge < -0.3 is 25.6 Å². The van der Waals surface area contributed by atoms with E-state index in [4.69, 9.17) is 14.9 Å². The molecular weight excluding hydrogens is 668 g/mol. The van der Waals surface area contributed by atoms with Crippen LogP contribution in [0.3, 0.4) is 0 Å². The van der Waals surface area contributed by atoms with Crippen LogP contribution in [0, 0.1) is 0 Å². The van der Waals surface area contributed by atoms with Crippen molar-refractivity contribution in [3.05, 3.63) is 48.6 Å². The zero-order chi connectivity index (χ0) is 39.0. The number of ether oxygens (including phenoxy) is 1. The van der Waals surface area contributed by atoms with Crippen LogP contribution in [0.5, 0.6) is 0 Å². The highest BCUT2D eigenvalue weighted by Gasteiger charge is 2.18. The minimum Gasteiger partial charge on any atom is -0.480 e. The Hall–Kier alpha value is -3.20. The first kappa shape index (κ1) is 49.8. The molecule has 9 nitrogen and oxygen atoms in total. The highest BCUT2D eigenvalue weighted by molar-refractivity contribution is 5.87. The van der Waals surface area contributed by atoms with Crippen LogP contribution >= 0.6 is 0 Å². The highest BCUT2D eigenvalue weighted by atomic mass is 16.5. The number of hydrogen-bond donors (Lipinski definition) is 4. The fourth-order valence-electron chi connectivity index (χ4n) is 5.75. The molecule has 2 amide bonds. The second-order valence-electron chi connectivity index (χ2n) is 14.1. The van der Waals surface area contributed by atoms with Gasteiger partial charge in [0.05, 0.1) is 13.2 Å². The van der Waals surface area contributed by atoms with Crippen molar-refractivity contribution in [2.24, 2.45) is 0 Å². The Labute approximate surface area is 322 Å². The van der Waals surface area contributed by atoms with Gasteiger partial charge in [0.1, 0.15) is 12.1 Å². The van der Waals surface area contributed by atoms with Gasteiger partial charge in [0.25, 0.3) is 0 Å². The number of rotatable bonds is 37. The molecule has 2 unspecified atom stereocenters. The lowest BCUT2D eigenvalue weighted by Crippen LogP contribution is -2.47. The summed E-state index contributed by atoms with van der Waals surface area (Å²) in [6.07, 6.45) is 44.6. The molecule has 304 valence electrons. The number of allylic oxidation sites excluding steroid dienone is 7. The maximum atomic E-state index is 12.6. The Morgan fingerprint density at radius 2 is 1.08 bits per heavy atom. The number of nitrogens with one attached hydrogen (secondary N) is 2. The van der Waals surface area contributed by atoms with Gasteiger partial charge in [0.2, 0.25) is 11.8 Å². The summed E-state index contributed by atoms with van der Waals surface area (Å²) in [5.41, 5.74) is 0. The number of unbranched alkanes of at least 4 members (excludes halogenated alkanes) is 17. The number of aliphatic hydroxyl groups excluding tert-OH is 1. The van der Waals surface area contributed by atoms with Crippen LogP contribution in [0.25, 0.3) is 0 Å². The van der Waals surface area contributed by atoms with Crippen molar-refractivity contribution < 1.29 is 34.1 Å². The summed E-state index contributed by atoms with van der Waals surface area (Å²) in [4.78, 5) is 47.3. The summed E-state index contributed by atoms with van der Waals surface area (Å²) in [6, 6.07) is -1.39. The van der Waals surface area contributed by atoms with Crippen molar-refractivity contribution in [3.63, 3.8) is 0 Å². The molecule has 0 heterocycles. The zero-order valence-electron chi connectivity index (χ0n) is 33.5. The van der Waals surface area contributed by atoms with Gasteiger partial charge in [-0.3, -0.25) is 14.4 Å². The molecule has 0 fully saturated rings. The number of aliphatic carboxylic acids is 1. The van der Waals surface area contributed by atoms with Crippen molar-refractivity contribution in [1.29, 1.82) is 0 Å². The topological polar surface area (TPSA) is 142 Å². The summed E-state index contributed by atoms with van der Waals surface area (Å²) in [7, 11) is 0. The molecule has 9 heteroatoms. The quantitative estimate of drug-likeness (QED) is 0.0282. The van der Waals surface area contributed by atoms with E-state index < -0.39 is 24.5 Å². The fraction of sp³-hybridized carbons (Fsp3) is 0.727. The predicted molar refractivity (Wildman–Crippen MR) is 217 cm³/mol. The molecule has 0 aliphatic heterocycles. The molecule has 0 aromatic heterocycles. The Balaban J connectivity index is 4.08. The second-order valence-corrected chi connectivity index (χ2v) is 14.1. The van der Waals surface area contributed by atoms with Crippen LogP contribution in [0.2, 0.25) is 0 Å². The van der Waals surface area contributed by atoms with Crippen molar-refractivity contribution in [2.75, 3.05) is 13.2 Å². The SMILES string of the molecule is CCCCC/C=C\C(CCCCCCC(=O)NCC(=O)NC(CO)C(=O)O)OC(=O)CCCCCCCC/C=C\C/C=C\C/C=C\CCCCCCC. The minimum absolute atomic E-state index is 0.129. The van der Waals surface area contributed by atoms with Crippen molar-refractivity contribution >= 4 is 23.8 Å². The molecular formula is C44H76N2O7. The van der Waals surface area contributed by atoms with Crippen LogP contribution in [0.1, 0.15) is 181 Å². The fourth-order valence-corrected chi connectivity index (χ4v) is 5.75.